The van der Waals surface area contributed by atoms with Crippen molar-refractivity contribution in [2.24, 2.45) is 0 Å². The van der Waals surface area contributed by atoms with Gasteiger partial charge in [0.1, 0.15) is 73.2 Å². The molecule has 0 spiro atoms. The molecule has 3 heterocycles. The van der Waals surface area contributed by atoms with Crippen molar-refractivity contribution in [3.63, 3.8) is 0 Å². The molecular weight excluding hydrogens is 1210 g/mol. The topological polar surface area (TPSA) is 307 Å². The van der Waals surface area contributed by atoms with Gasteiger partial charge in [-0.2, -0.15) is 0 Å². The second kappa shape index (κ2) is 56.7. The summed E-state index contributed by atoms with van der Waals surface area (Å²) in [6.45, 7) is 1.60. The van der Waals surface area contributed by atoms with E-state index in [-0.39, 0.29) is 18.9 Å². The van der Waals surface area contributed by atoms with Gasteiger partial charge in [0.15, 0.2) is 18.9 Å². The Morgan fingerprint density at radius 2 is 0.726 bits per heavy atom. The Hall–Kier alpha value is -3.03. The van der Waals surface area contributed by atoms with E-state index in [2.05, 4.69) is 92.1 Å². The molecule has 3 aliphatic rings. The van der Waals surface area contributed by atoms with E-state index >= 15 is 0 Å². The highest BCUT2D eigenvalue weighted by Crippen LogP contribution is 2.33. The summed E-state index contributed by atoms with van der Waals surface area (Å²) in [6, 6.07) is -0.973. The van der Waals surface area contributed by atoms with Crippen molar-refractivity contribution in [2.45, 2.75) is 362 Å². The number of carbonyl (C=O) groups is 1. The second-order valence-electron chi connectivity index (χ2n) is 26.4. The summed E-state index contributed by atoms with van der Waals surface area (Å²) in [7, 11) is 0. The molecule has 0 aromatic rings. The maximum atomic E-state index is 13.4. The predicted molar refractivity (Wildman–Crippen MR) is 374 cm³/mol. The molecule has 0 aromatic heterocycles. The Morgan fingerprint density at radius 3 is 1.14 bits per heavy atom. The van der Waals surface area contributed by atoms with E-state index in [0.29, 0.717) is 6.42 Å². The molecule has 550 valence electrons. The van der Waals surface area contributed by atoms with Crippen LogP contribution in [0.3, 0.4) is 0 Å². The lowest BCUT2D eigenvalue weighted by molar-refractivity contribution is -0.379. The van der Waals surface area contributed by atoms with Crippen LogP contribution in [-0.2, 0) is 33.2 Å². The standard InChI is InChI=1S/C76H133NO18/c1-3-5-7-9-11-13-15-16-17-18-19-20-21-22-23-24-25-26-27-28-29-30-31-32-33-34-35-36-37-38-39-40-41-42-44-46-48-50-52-54-64(82)77-59(60(81)53-51-49-47-45-43-14-12-10-8-6-4-2)58-90-74-70(88)67(85)72(62(56-79)92-74)95-76-71(89)68(86)73(63(57-80)93-76)94-75-69(87)66(84)65(83)61(55-78)91-75/h5,7,11,13,16-17,19-20,22-23,25-26,51,53,59-63,65-76,78-81,83-89H,3-4,6,8-10,12,14-15,18,21,24,27-50,52,54-58H2,1-2H3,(H,77,82)/b7-5-,13-11-,17-16-,20-19-,23-22-,26-25-,53-51+. The minimum Gasteiger partial charge on any atom is -0.394 e. The van der Waals surface area contributed by atoms with Gasteiger partial charge in [-0.25, -0.2) is 0 Å². The molecule has 3 fully saturated rings. The average Bonchev–Trinajstić information content (AvgIpc) is 0.787. The molecule has 3 saturated heterocycles. The van der Waals surface area contributed by atoms with Crippen LogP contribution in [0.2, 0.25) is 0 Å². The minimum absolute atomic E-state index is 0.243. The van der Waals surface area contributed by atoms with Crippen molar-refractivity contribution in [1.29, 1.82) is 0 Å². The van der Waals surface area contributed by atoms with Crippen LogP contribution in [-0.4, -0.2) is 193 Å². The minimum atomic E-state index is -1.98. The smallest absolute Gasteiger partial charge is 0.220 e. The molecule has 0 radical (unpaired) electrons. The number of allylic oxidation sites excluding steroid dienone is 13. The van der Waals surface area contributed by atoms with E-state index in [1.807, 2.05) is 6.08 Å². The second-order valence-corrected chi connectivity index (χ2v) is 26.4. The van der Waals surface area contributed by atoms with Crippen LogP contribution in [0.1, 0.15) is 258 Å². The van der Waals surface area contributed by atoms with E-state index in [4.69, 9.17) is 28.4 Å². The largest absolute Gasteiger partial charge is 0.394 e. The zero-order valence-corrected chi connectivity index (χ0v) is 58.4. The van der Waals surface area contributed by atoms with Gasteiger partial charge >= 0.3 is 0 Å². The van der Waals surface area contributed by atoms with E-state index in [1.165, 1.54) is 148 Å². The molecule has 1 amide bonds. The summed E-state index contributed by atoms with van der Waals surface area (Å²) < 4.78 is 34.3. The number of aliphatic hydroxyl groups is 11. The van der Waals surface area contributed by atoms with Crippen molar-refractivity contribution in [1.82, 2.24) is 5.32 Å². The number of unbranched alkanes of at least 4 members (excludes halogenated alkanes) is 29. The molecule has 17 unspecified atom stereocenters. The molecule has 3 aliphatic heterocycles. The van der Waals surface area contributed by atoms with Gasteiger partial charge in [0.2, 0.25) is 5.91 Å². The SMILES string of the molecule is CC/C=C\C/C=C\C/C=C\C/C=C\C/C=C\C/C=C\CCCCCCCCCCCCCCCCCCCCCCC(=O)NC(COC1OC(CO)C(OC2OC(CO)C(OC3OC(CO)C(O)C(O)C3O)C(O)C2O)C(O)C1O)C(O)/C=C/CCCCCCCCCCC. The van der Waals surface area contributed by atoms with E-state index in [0.717, 1.165) is 83.5 Å². The highest BCUT2D eigenvalue weighted by Gasteiger charge is 2.53. The molecule has 0 saturated carbocycles. The Kier molecular flexibility index (Phi) is 51.4. The van der Waals surface area contributed by atoms with Crippen LogP contribution >= 0.6 is 0 Å². The van der Waals surface area contributed by atoms with E-state index < -0.39 is 124 Å². The predicted octanol–water partition coefficient (Wildman–Crippen LogP) is 11.1. The lowest BCUT2D eigenvalue weighted by atomic mass is 9.96. The Labute approximate surface area is 571 Å². The van der Waals surface area contributed by atoms with Crippen molar-refractivity contribution in [3.8, 4) is 0 Å². The molecule has 95 heavy (non-hydrogen) atoms. The lowest BCUT2D eigenvalue weighted by Gasteiger charge is -2.48. The first-order chi connectivity index (χ1) is 46.3. The number of rotatable bonds is 57. The van der Waals surface area contributed by atoms with Gasteiger partial charge in [-0.05, 0) is 70.6 Å². The fraction of sp³-hybridized carbons (Fsp3) is 0.803. The molecule has 19 nitrogen and oxygen atoms in total. The molecule has 17 atom stereocenters. The molecule has 0 aliphatic carbocycles. The summed E-state index contributed by atoms with van der Waals surface area (Å²) in [5.74, 6) is -0.276. The van der Waals surface area contributed by atoms with Crippen molar-refractivity contribution >= 4 is 5.91 Å². The molecule has 0 bridgehead atoms. The highest BCUT2D eigenvalue weighted by molar-refractivity contribution is 5.76. The number of aliphatic hydroxyl groups excluding tert-OH is 11. The van der Waals surface area contributed by atoms with Crippen LogP contribution in [0, 0.1) is 0 Å². The van der Waals surface area contributed by atoms with Crippen molar-refractivity contribution in [2.75, 3.05) is 26.4 Å². The van der Waals surface area contributed by atoms with Gasteiger partial charge in [-0.1, -0.05) is 266 Å². The Balaban J connectivity index is 1.29. The fourth-order valence-corrected chi connectivity index (χ4v) is 12.2. The first kappa shape index (κ1) is 86.2. The van der Waals surface area contributed by atoms with Crippen LogP contribution in [0.25, 0.3) is 0 Å². The quantitative estimate of drug-likeness (QED) is 0.0199. The van der Waals surface area contributed by atoms with Gasteiger partial charge in [-0.15, -0.1) is 0 Å². The number of ether oxygens (including phenoxy) is 6. The third-order valence-electron chi connectivity index (χ3n) is 18.2. The van der Waals surface area contributed by atoms with Gasteiger partial charge < -0.3 is 89.9 Å². The van der Waals surface area contributed by atoms with Gasteiger partial charge in [0.05, 0.1) is 38.6 Å². The van der Waals surface area contributed by atoms with Crippen LogP contribution in [0.4, 0.5) is 0 Å². The Morgan fingerprint density at radius 1 is 0.389 bits per heavy atom. The van der Waals surface area contributed by atoms with Crippen LogP contribution in [0.15, 0.2) is 85.1 Å². The third kappa shape index (κ3) is 37.8. The maximum Gasteiger partial charge on any atom is 0.220 e. The number of nitrogens with one attached hydrogen (secondary N) is 1. The maximum absolute atomic E-state index is 13.4. The van der Waals surface area contributed by atoms with Crippen LogP contribution < -0.4 is 5.32 Å². The molecule has 19 heteroatoms. The van der Waals surface area contributed by atoms with Gasteiger partial charge in [0, 0.05) is 6.42 Å². The number of hydrogen-bond donors (Lipinski definition) is 12. The van der Waals surface area contributed by atoms with Gasteiger partial charge in [0.25, 0.3) is 0 Å². The highest BCUT2D eigenvalue weighted by atomic mass is 16.8. The van der Waals surface area contributed by atoms with Gasteiger partial charge in [-0.3, -0.25) is 4.79 Å². The van der Waals surface area contributed by atoms with Crippen LogP contribution in [0.5, 0.6) is 0 Å². The first-order valence-electron chi connectivity index (χ1n) is 37.3. The third-order valence-corrected chi connectivity index (χ3v) is 18.2. The van der Waals surface area contributed by atoms with E-state index in [1.54, 1.807) is 6.08 Å². The first-order valence-corrected chi connectivity index (χ1v) is 37.3. The number of hydrogen-bond acceptors (Lipinski definition) is 18. The number of carbonyl (C=O) groups excluding carboxylic acids is 1. The normalized spacial score (nSPS) is 27.7. The molecular formula is C76H133NO18. The lowest BCUT2D eigenvalue weighted by Crippen LogP contribution is -2.66. The zero-order chi connectivity index (χ0) is 68.9. The molecule has 0 aromatic carbocycles. The molecule has 12 N–H and O–H groups in total. The summed E-state index contributed by atoms with van der Waals surface area (Å²) in [5, 5.41) is 120. The summed E-state index contributed by atoms with van der Waals surface area (Å²) in [5.41, 5.74) is 0. The monoisotopic (exact) mass is 1350 g/mol. The average molecular weight is 1350 g/mol. The zero-order valence-electron chi connectivity index (χ0n) is 58.4. The number of amides is 1. The summed E-state index contributed by atoms with van der Waals surface area (Å²) in [6.07, 6.45) is 47.4. The fourth-order valence-electron chi connectivity index (χ4n) is 12.2. The Bertz CT molecular complexity index is 2050. The van der Waals surface area contributed by atoms with E-state index in [9.17, 15) is 61.0 Å². The van der Waals surface area contributed by atoms with Crippen molar-refractivity contribution < 1.29 is 89.4 Å². The molecule has 3 rings (SSSR count). The van der Waals surface area contributed by atoms with Crippen molar-refractivity contribution in [3.05, 3.63) is 85.1 Å². The summed E-state index contributed by atoms with van der Waals surface area (Å²) >= 11 is 0. The summed E-state index contributed by atoms with van der Waals surface area (Å²) in [4.78, 5) is 13.4.